The van der Waals surface area contributed by atoms with Crippen molar-refractivity contribution in [3.63, 3.8) is 0 Å². The molecule has 3 aromatic rings. The molecule has 1 aliphatic carbocycles. The first-order valence-electron chi connectivity index (χ1n) is 13.8. The number of benzene rings is 3. The number of nitrogens with one attached hydrogen (secondary N) is 1. The number of rotatable bonds is 11. The molecule has 224 valence electrons. The lowest BCUT2D eigenvalue weighted by Gasteiger charge is -2.35. The zero-order valence-corrected chi connectivity index (χ0v) is 27.2. The molecule has 7 nitrogen and oxygen atoms in total. The highest BCUT2D eigenvalue weighted by atomic mass is 79.9. The van der Waals surface area contributed by atoms with Crippen LogP contribution in [0.3, 0.4) is 0 Å². The molecule has 0 radical (unpaired) electrons. The van der Waals surface area contributed by atoms with Gasteiger partial charge in [0.25, 0.3) is 0 Å². The lowest BCUT2D eigenvalue weighted by molar-refractivity contribution is -0.140. The van der Waals surface area contributed by atoms with Crippen molar-refractivity contribution in [1.82, 2.24) is 10.2 Å². The summed E-state index contributed by atoms with van der Waals surface area (Å²) in [4.78, 5) is 29.7. The third-order valence-electron chi connectivity index (χ3n) is 7.34. The normalized spacial score (nSPS) is 14.7. The molecule has 1 atom stereocenters. The summed E-state index contributed by atoms with van der Waals surface area (Å²) in [6.45, 7) is -0.458. The largest absolute Gasteiger partial charge is 0.352 e. The quantitative estimate of drug-likeness (QED) is 0.245. The summed E-state index contributed by atoms with van der Waals surface area (Å²) in [6.07, 6.45) is 6.27. The van der Waals surface area contributed by atoms with Gasteiger partial charge in [-0.25, -0.2) is 8.42 Å². The minimum atomic E-state index is -3.96. The van der Waals surface area contributed by atoms with Gasteiger partial charge in [-0.2, -0.15) is 0 Å². The minimum absolute atomic E-state index is 0.0342. The van der Waals surface area contributed by atoms with Crippen molar-refractivity contribution in [1.29, 1.82) is 0 Å². The van der Waals surface area contributed by atoms with Crippen LogP contribution in [0.4, 0.5) is 5.69 Å². The van der Waals surface area contributed by atoms with E-state index in [0.717, 1.165) is 58.3 Å². The predicted molar refractivity (Wildman–Crippen MR) is 172 cm³/mol. The summed E-state index contributed by atoms with van der Waals surface area (Å²) < 4.78 is 27.8. The van der Waals surface area contributed by atoms with E-state index in [0.29, 0.717) is 0 Å². The zero-order chi connectivity index (χ0) is 30.3. The van der Waals surface area contributed by atoms with Gasteiger partial charge >= 0.3 is 0 Å². The highest BCUT2D eigenvalue weighted by molar-refractivity contribution is 9.10. The van der Waals surface area contributed by atoms with Crippen LogP contribution < -0.4 is 9.62 Å². The molecule has 0 aromatic heterocycles. The van der Waals surface area contributed by atoms with E-state index in [4.69, 9.17) is 23.2 Å². The molecule has 3 aromatic carbocycles. The first-order valence-corrected chi connectivity index (χ1v) is 17.2. The maximum Gasteiger partial charge on any atom is 0.244 e. The van der Waals surface area contributed by atoms with Gasteiger partial charge in [0, 0.05) is 28.5 Å². The molecule has 42 heavy (non-hydrogen) atoms. The van der Waals surface area contributed by atoms with Gasteiger partial charge in [-0.1, -0.05) is 101 Å². The van der Waals surface area contributed by atoms with Crippen LogP contribution in [0.1, 0.15) is 43.2 Å². The summed E-state index contributed by atoms with van der Waals surface area (Å²) in [7, 11) is -3.96. The van der Waals surface area contributed by atoms with Gasteiger partial charge in [0.05, 0.1) is 17.0 Å². The number of hydrogen-bond acceptors (Lipinski definition) is 4. The molecule has 0 bridgehead atoms. The molecule has 11 heteroatoms. The van der Waals surface area contributed by atoms with E-state index in [9.17, 15) is 18.0 Å². The van der Waals surface area contributed by atoms with Gasteiger partial charge in [-0.05, 0) is 54.3 Å². The Bertz CT molecular complexity index is 1480. The van der Waals surface area contributed by atoms with E-state index >= 15 is 0 Å². The van der Waals surface area contributed by atoms with Crippen molar-refractivity contribution in [2.45, 2.75) is 57.2 Å². The fraction of sp³-hybridized carbons (Fsp3) is 0.355. The summed E-state index contributed by atoms with van der Waals surface area (Å²) >= 11 is 16.0. The number of sulfonamides is 1. The van der Waals surface area contributed by atoms with Crippen molar-refractivity contribution >= 4 is 66.7 Å². The van der Waals surface area contributed by atoms with Crippen molar-refractivity contribution in [2.24, 2.45) is 0 Å². The van der Waals surface area contributed by atoms with E-state index in [1.165, 1.54) is 17.0 Å². The number of amides is 2. The molecule has 1 N–H and O–H groups in total. The van der Waals surface area contributed by atoms with Crippen LogP contribution >= 0.6 is 39.1 Å². The second-order valence-electron chi connectivity index (χ2n) is 10.6. The Kier molecular flexibility index (Phi) is 11.3. The van der Waals surface area contributed by atoms with E-state index in [-0.39, 0.29) is 40.6 Å². The molecule has 1 fully saturated rings. The molecule has 0 spiro atoms. The number of anilines is 1. The smallest absolute Gasteiger partial charge is 0.244 e. The summed E-state index contributed by atoms with van der Waals surface area (Å²) in [6, 6.07) is 20.5. The molecule has 1 aliphatic rings. The second-order valence-corrected chi connectivity index (χ2v) is 14.2. The van der Waals surface area contributed by atoms with Crippen LogP contribution in [-0.2, 0) is 32.6 Å². The monoisotopic (exact) mass is 693 g/mol. The molecule has 0 heterocycles. The Morgan fingerprint density at radius 1 is 0.952 bits per heavy atom. The van der Waals surface area contributed by atoms with E-state index in [2.05, 4.69) is 21.2 Å². The van der Waals surface area contributed by atoms with Gasteiger partial charge in [0.1, 0.15) is 12.6 Å². The first-order chi connectivity index (χ1) is 20.0. The highest BCUT2D eigenvalue weighted by Crippen LogP contribution is 2.31. The Labute approximate surface area is 266 Å². The maximum absolute atomic E-state index is 14.2. The van der Waals surface area contributed by atoms with Crippen LogP contribution in [0.5, 0.6) is 0 Å². The van der Waals surface area contributed by atoms with Gasteiger partial charge in [0.2, 0.25) is 21.8 Å². The second kappa shape index (κ2) is 14.7. The molecule has 2 amide bonds. The molecule has 0 saturated heterocycles. The van der Waals surface area contributed by atoms with Crippen LogP contribution in [0.2, 0.25) is 10.0 Å². The maximum atomic E-state index is 14.2. The number of hydrogen-bond donors (Lipinski definition) is 1. The fourth-order valence-corrected chi connectivity index (χ4v) is 6.71. The van der Waals surface area contributed by atoms with Crippen LogP contribution in [-0.4, -0.2) is 50.0 Å². The molecular weight excluding hydrogens is 661 g/mol. The first kappa shape index (κ1) is 32.3. The Balaban J connectivity index is 1.73. The molecule has 0 unspecified atom stereocenters. The van der Waals surface area contributed by atoms with Gasteiger partial charge in [-0.15, -0.1) is 0 Å². The van der Waals surface area contributed by atoms with E-state index < -0.39 is 28.5 Å². The molecule has 0 aliphatic heterocycles. The third-order valence-corrected chi connectivity index (χ3v) is 9.55. The van der Waals surface area contributed by atoms with Crippen LogP contribution in [0, 0.1) is 0 Å². The Morgan fingerprint density at radius 2 is 1.62 bits per heavy atom. The number of carbonyl (C=O) groups excluding carboxylic acids is 2. The SMILES string of the molecule is CS(=O)(=O)N(CC(=O)N(Cc1ccc(Br)cc1)[C@H](Cc1ccccc1)C(=O)NC1CCCCC1)c1cc(Cl)ccc1Cl. The average Bonchev–Trinajstić information content (AvgIpc) is 2.96. The average molecular weight is 696 g/mol. The van der Waals surface area contributed by atoms with Crippen molar-refractivity contribution in [2.75, 3.05) is 17.1 Å². The van der Waals surface area contributed by atoms with Crippen molar-refractivity contribution < 1.29 is 18.0 Å². The Hall–Kier alpha value is -2.59. The minimum Gasteiger partial charge on any atom is -0.352 e. The van der Waals surface area contributed by atoms with Crippen molar-refractivity contribution in [3.8, 4) is 0 Å². The Morgan fingerprint density at radius 3 is 2.26 bits per heavy atom. The van der Waals surface area contributed by atoms with Gasteiger partial charge in [0.15, 0.2) is 0 Å². The zero-order valence-electron chi connectivity index (χ0n) is 23.3. The van der Waals surface area contributed by atoms with E-state index in [1.54, 1.807) is 6.07 Å². The lowest BCUT2D eigenvalue weighted by atomic mass is 9.94. The summed E-state index contributed by atoms with van der Waals surface area (Å²) in [5.74, 6) is -0.804. The summed E-state index contributed by atoms with van der Waals surface area (Å²) in [5.41, 5.74) is 1.77. The predicted octanol–water partition coefficient (Wildman–Crippen LogP) is 6.61. The third kappa shape index (κ3) is 8.96. The van der Waals surface area contributed by atoms with Gasteiger partial charge in [-0.3, -0.25) is 13.9 Å². The lowest BCUT2D eigenvalue weighted by Crippen LogP contribution is -2.55. The summed E-state index contributed by atoms with van der Waals surface area (Å²) in [5, 5.41) is 3.60. The van der Waals surface area contributed by atoms with Crippen LogP contribution in [0.15, 0.2) is 77.3 Å². The molecule has 4 rings (SSSR count). The fourth-order valence-electron chi connectivity index (χ4n) is 5.16. The molecule has 1 saturated carbocycles. The number of nitrogens with zero attached hydrogens (tertiary/aromatic N) is 2. The topological polar surface area (TPSA) is 86.8 Å². The van der Waals surface area contributed by atoms with E-state index in [1.807, 2.05) is 54.6 Å². The van der Waals surface area contributed by atoms with Gasteiger partial charge < -0.3 is 10.2 Å². The van der Waals surface area contributed by atoms with Crippen LogP contribution in [0.25, 0.3) is 0 Å². The number of carbonyl (C=O) groups is 2. The molecular formula is C31H34BrCl2N3O4S. The van der Waals surface area contributed by atoms with Crippen molar-refractivity contribution in [3.05, 3.63) is 98.4 Å². The standard InChI is InChI=1S/C31H34BrCl2N3O4S/c1-42(40,41)37(28-19-25(33)16-17-27(28)34)21-30(38)36(20-23-12-14-24(32)15-13-23)29(18-22-8-4-2-5-9-22)31(39)35-26-10-6-3-7-11-26/h2,4-5,8-9,12-17,19,26,29H,3,6-7,10-11,18,20-21H2,1H3,(H,35,39)/t29-/m1/s1. The highest BCUT2D eigenvalue weighted by Gasteiger charge is 2.34. The number of halogens is 3.